The van der Waals surface area contributed by atoms with Crippen molar-refractivity contribution in [1.82, 2.24) is 10.6 Å². The zero-order chi connectivity index (χ0) is 22.4. The maximum atomic E-state index is 13.0. The molecule has 3 amide bonds. The molecule has 1 aromatic carbocycles. The van der Waals surface area contributed by atoms with E-state index in [1.54, 1.807) is 31.2 Å². The third-order valence-electron chi connectivity index (χ3n) is 5.45. The number of aliphatic carboxylic acids is 1. The van der Waals surface area contributed by atoms with Crippen LogP contribution in [0, 0.1) is 11.8 Å². The highest BCUT2D eigenvalue weighted by Crippen LogP contribution is 2.30. The SMILES string of the molecule is CC[C@@H](C)[C@H](NC(=O)N1C=C(O)Nc2ccccc21)C(=O)N[C@H](C(=O)O)[C@@H](C)CC. The van der Waals surface area contributed by atoms with Crippen LogP contribution in [0.2, 0.25) is 0 Å². The van der Waals surface area contributed by atoms with Crippen molar-refractivity contribution in [2.75, 3.05) is 10.2 Å². The Bertz CT molecular complexity index is 825. The zero-order valence-electron chi connectivity index (χ0n) is 17.7. The van der Waals surface area contributed by atoms with Gasteiger partial charge in [-0.3, -0.25) is 9.69 Å². The Balaban J connectivity index is 2.24. The van der Waals surface area contributed by atoms with E-state index in [9.17, 15) is 24.6 Å². The number of carbonyl (C=O) groups is 3. The number of carbonyl (C=O) groups excluding carboxylic acids is 2. The minimum absolute atomic E-state index is 0.212. The number of aliphatic hydroxyl groups is 1. The number of nitrogens with zero attached hydrogens (tertiary/aromatic N) is 1. The summed E-state index contributed by atoms with van der Waals surface area (Å²) >= 11 is 0. The first-order valence-corrected chi connectivity index (χ1v) is 10.1. The van der Waals surface area contributed by atoms with Gasteiger partial charge in [0.25, 0.3) is 0 Å². The lowest BCUT2D eigenvalue weighted by molar-refractivity contribution is -0.143. The Morgan fingerprint density at radius 1 is 1.03 bits per heavy atom. The molecule has 0 bridgehead atoms. The summed E-state index contributed by atoms with van der Waals surface area (Å²) in [6, 6.07) is 4.33. The van der Waals surface area contributed by atoms with Crippen molar-refractivity contribution in [3.8, 4) is 0 Å². The van der Waals surface area contributed by atoms with Crippen LogP contribution >= 0.6 is 0 Å². The van der Waals surface area contributed by atoms with E-state index in [1.807, 2.05) is 20.8 Å². The number of para-hydroxylation sites is 2. The lowest BCUT2D eigenvalue weighted by Gasteiger charge is -2.31. The molecular weight excluding hydrogens is 388 g/mol. The molecule has 5 N–H and O–H groups in total. The van der Waals surface area contributed by atoms with Gasteiger partial charge in [-0.2, -0.15) is 0 Å². The zero-order valence-corrected chi connectivity index (χ0v) is 17.7. The number of hydrogen-bond donors (Lipinski definition) is 5. The second kappa shape index (κ2) is 10.00. The predicted molar refractivity (Wildman–Crippen MR) is 114 cm³/mol. The molecule has 164 valence electrons. The molecule has 0 aromatic heterocycles. The van der Waals surface area contributed by atoms with E-state index >= 15 is 0 Å². The van der Waals surface area contributed by atoms with Crippen molar-refractivity contribution >= 4 is 29.3 Å². The predicted octanol–water partition coefficient (Wildman–Crippen LogP) is 3.02. The van der Waals surface area contributed by atoms with Crippen LogP contribution in [0.1, 0.15) is 40.5 Å². The van der Waals surface area contributed by atoms with E-state index in [0.717, 1.165) is 0 Å². The average molecular weight is 418 g/mol. The fourth-order valence-corrected chi connectivity index (χ4v) is 3.15. The number of hydrogen-bond acceptors (Lipinski definition) is 5. The summed E-state index contributed by atoms with van der Waals surface area (Å²) in [7, 11) is 0. The Labute approximate surface area is 176 Å². The number of fused-ring (bicyclic) bond motifs is 1. The van der Waals surface area contributed by atoms with Gasteiger partial charge in [-0.05, 0) is 24.0 Å². The van der Waals surface area contributed by atoms with Crippen LogP contribution in [0.5, 0.6) is 0 Å². The molecule has 0 unspecified atom stereocenters. The smallest absolute Gasteiger partial charge is 0.326 e. The van der Waals surface area contributed by atoms with Gasteiger partial charge in [0.2, 0.25) is 11.8 Å². The molecule has 1 heterocycles. The van der Waals surface area contributed by atoms with Crippen LogP contribution in [-0.4, -0.2) is 40.2 Å². The number of rotatable bonds is 8. The van der Waals surface area contributed by atoms with Gasteiger partial charge in [-0.25, -0.2) is 9.59 Å². The van der Waals surface area contributed by atoms with E-state index in [4.69, 9.17) is 0 Å². The summed E-state index contributed by atoms with van der Waals surface area (Å²) in [5.41, 5.74) is 1.05. The Hall–Kier alpha value is -3.23. The molecule has 1 aromatic rings. The van der Waals surface area contributed by atoms with Gasteiger partial charge >= 0.3 is 12.0 Å². The maximum absolute atomic E-state index is 13.0. The summed E-state index contributed by atoms with van der Waals surface area (Å²) in [6.45, 7) is 7.29. The van der Waals surface area contributed by atoms with Crippen LogP contribution in [0.3, 0.4) is 0 Å². The number of benzene rings is 1. The van der Waals surface area contributed by atoms with Crippen LogP contribution in [0.25, 0.3) is 0 Å². The Morgan fingerprint density at radius 3 is 2.23 bits per heavy atom. The molecule has 0 spiro atoms. The third kappa shape index (κ3) is 5.22. The maximum Gasteiger partial charge on any atom is 0.326 e. The van der Waals surface area contributed by atoms with Gasteiger partial charge in [0.05, 0.1) is 17.6 Å². The Kier molecular flexibility index (Phi) is 7.68. The molecule has 30 heavy (non-hydrogen) atoms. The number of amides is 3. The third-order valence-corrected chi connectivity index (χ3v) is 5.45. The molecular formula is C21H30N4O5. The van der Waals surface area contributed by atoms with Crippen LogP contribution in [0.15, 0.2) is 36.3 Å². The number of anilines is 2. The van der Waals surface area contributed by atoms with E-state index in [0.29, 0.717) is 24.2 Å². The van der Waals surface area contributed by atoms with Crippen molar-refractivity contribution in [2.45, 2.75) is 52.6 Å². The highest BCUT2D eigenvalue weighted by molar-refractivity contribution is 6.01. The fourth-order valence-electron chi connectivity index (χ4n) is 3.15. The van der Waals surface area contributed by atoms with Gasteiger partial charge < -0.3 is 26.2 Å². The minimum Gasteiger partial charge on any atom is -0.494 e. The molecule has 4 atom stereocenters. The lowest BCUT2D eigenvalue weighted by atomic mass is 9.95. The van der Waals surface area contributed by atoms with Crippen molar-refractivity contribution in [3.63, 3.8) is 0 Å². The summed E-state index contributed by atoms with van der Waals surface area (Å²) in [5, 5.41) is 27.4. The molecule has 9 nitrogen and oxygen atoms in total. The fraction of sp³-hybridized carbons (Fsp3) is 0.476. The number of carboxylic acid groups (broad SMARTS) is 1. The summed E-state index contributed by atoms with van der Waals surface area (Å²) < 4.78 is 0. The van der Waals surface area contributed by atoms with Gasteiger partial charge in [0.1, 0.15) is 12.1 Å². The monoisotopic (exact) mass is 418 g/mol. The number of carboxylic acids is 1. The first kappa shape index (κ1) is 23.1. The van der Waals surface area contributed by atoms with Crippen LogP contribution in [-0.2, 0) is 9.59 Å². The molecule has 1 aliphatic rings. The normalized spacial score (nSPS) is 16.8. The van der Waals surface area contributed by atoms with Crippen molar-refractivity contribution < 1.29 is 24.6 Å². The Morgan fingerprint density at radius 2 is 1.63 bits per heavy atom. The first-order valence-electron chi connectivity index (χ1n) is 10.1. The summed E-state index contributed by atoms with van der Waals surface area (Å²) in [6.07, 6.45) is 2.40. The van der Waals surface area contributed by atoms with Gasteiger partial charge in [0, 0.05) is 0 Å². The molecule has 0 fully saturated rings. The number of aliphatic hydroxyl groups excluding tert-OH is 1. The molecule has 9 heteroatoms. The van der Waals surface area contributed by atoms with Crippen molar-refractivity contribution in [2.24, 2.45) is 11.8 Å². The molecule has 0 aliphatic carbocycles. The number of urea groups is 1. The largest absolute Gasteiger partial charge is 0.494 e. The van der Waals surface area contributed by atoms with Crippen LogP contribution < -0.4 is 20.9 Å². The topological polar surface area (TPSA) is 131 Å². The van der Waals surface area contributed by atoms with Crippen molar-refractivity contribution in [1.29, 1.82) is 0 Å². The first-order chi connectivity index (χ1) is 14.2. The molecule has 0 radical (unpaired) electrons. The van der Waals surface area contributed by atoms with Gasteiger partial charge in [-0.15, -0.1) is 0 Å². The quantitative estimate of drug-likeness (QED) is 0.441. The standard InChI is InChI=1S/C21H30N4O5/c1-5-12(3)17(19(27)23-18(20(28)29)13(4)6-2)24-21(30)25-11-16(26)22-14-9-7-8-10-15(14)25/h7-13,17-18,22,26H,5-6H2,1-4H3,(H,23,27)(H,24,30)(H,28,29)/t12-,13+,17+,18+/m1/s1. The summed E-state index contributed by atoms with van der Waals surface area (Å²) in [4.78, 5) is 38.7. The average Bonchev–Trinajstić information content (AvgIpc) is 2.73. The summed E-state index contributed by atoms with van der Waals surface area (Å²) in [5.74, 6) is -2.38. The minimum atomic E-state index is -1.11. The van der Waals surface area contributed by atoms with E-state index in [-0.39, 0.29) is 17.7 Å². The molecule has 0 saturated carbocycles. The van der Waals surface area contributed by atoms with Gasteiger partial charge in [0.15, 0.2) is 0 Å². The second-order valence-electron chi connectivity index (χ2n) is 7.55. The molecule has 1 aliphatic heterocycles. The molecule has 2 rings (SSSR count). The molecule has 0 saturated heterocycles. The second-order valence-corrected chi connectivity index (χ2v) is 7.55. The van der Waals surface area contributed by atoms with E-state index in [1.165, 1.54) is 11.1 Å². The van der Waals surface area contributed by atoms with Crippen LogP contribution in [0.4, 0.5) is 16.2 Å². The van der Waals surface area contributed by atoms with E-state index < -0.39 is 30.0 Å². The highest BCUT2D eigenvalue weighted by Gasteiger charge is 2.33. The van der Waals surface area contributed by atoms with Crippen molar-refractivity contribution in [3.05, 3.63) is 36.3 Å². The lowest BCUT2D eigenvalue weighted by Crippen LogP contribution is -2.57. The van der Waals surface area contributed by atoms with E-state index in [2.05, 4.69) is 16.0 Å². The highest BCUT2D eigenvalue weighted by atomic mass is 16.4. The number of nitrogens with one attached hydrogen (secondary N) is 3. The van der Waals surface area contributed by atoms with Gasteiger partial charge in [-0.1, -0.05) is 52.7 Å².